The number of carbonyl (C=O) groups is 2. The van der Waals surface area contributed by atoms with Crippen LogP contribution in [0.1, 0.15) is 29.5 Å². The zero-order valence-corrected chi connectivity index (χ0v) is 16.3. The SMILES string of the molecule is C[C@@H](OC(=O)/C=C/c1nc2ccccc2s1)C(=O)Nc1ccc2c(c1)CCC2. The summed E-state index contributed by atoms with van der Waals surface area (Å²) in [5, 5.41) is 3.53. The minimum Gasteiger partial charge on any atom is -0.449 e. The van der Waals surface area contributed by atoms with Gasteiger partial charge in [0, 0.05) is 11.8 Å². The minimum absolute atomic E-state index is 0.348. The second-order valence-electron chi connectivity index (χ2n) is 6.76. The van der Waals surface area contributed by atoms with Crippen molar-refractivity contribution in [2.45, 2.75) is 32.3 Å². The van der Waals surface area contributed by atoms with Crippen LogP contribution in [0.4, 0.5) is 5.69 Å². The maximum Gasteiger partial charge on any atom is 0.331 e. The van der Waals surface area contributed by atoms with E-state index in [-0.39, 0.29) is 5.91 Å². The number of aryl methyl sites for hydroxylation is 2. The number of anilines is 1. The van der Waals surface area contributed by atoms with E-state index < -0.39 is 12.1 Å². The highest BCUT2D eigenvalue weighted by molar-refractivity contribution is 7.19. The zero-order chi connectivity index (χ0) is 19.5. The maximum atomic E-state index is 12.3. The number of fused-ring (bicyclic) bond motifs is 2. The van der Waals surface area contributed by atoms with Crippen LogP contribution in [0, 0.1) is 0 Å². The van der Waals surface area contributed by atoms with Crippen molar-refractivity contribution in [2.24, 2.45) is 0 Å². The van der Waals surface area contributed by atoms with Crippen LogP contribution in [-0.2, 0) is 27.2 Å². The van der Waals surface area contributed by atoms with E-state index in [0.29, 0.717) is 5.01 Å². The van der Waals surface area contributed by atoms with Crippen LogP contribution in [0.2, 0.25) is 0 Å². The van der Waals surface area contributed by atoms with Crippen molar-refractivity contribution in [3.63, 3.8) is 0 Å². The fourth-order valence-corrected chi connectivity index (χ4v) is 4.13. The van der Waals surface area contributed by atoms with Crippen molar-refractivity contribution in [3.05, 3.63) is 64.7 Å². The summed E-state index contributed by atoms with van der Waals surface area (Å²) in [7, 11) is 0. The van der Waals surface area contributed by atoms with Crippen molar-refractivity contribution in [3.8, 4) is 0 Å². The average molecular weight is 392 g/mol. The second kappa shape index (κ2) is 7.94. The monoisotopic (exact) mass is 392 g/mol. The molecule has 1 aromatic heterocycles. The van der Waals surface area contributed by atoms with Gasteiger partial charge in [-0.05, 0) is 67.7 Å². The third kappa shape index (κ3) is 4.12. The number of amides is 1. The lowest BCUT2D eigenvalue weighted by Gasteiger charge is -2.13. The van der Waals surface area contributed by atoms with E-state index in [4.69, 9.17) is 4.74 Å². The van der Waals surface area contributed by atoms with Crippen LogP contribution in [0.25, 0.3) is 16.3 Å². The van der Waals surface area contributed by atoms with Gasteiger partial charge in [-0.1, -0.05) is 18.2 Å². The summed E-state index contributed by atoms with van der Waals surface area (Å²) in [5.74, 6) is -0.921. The number of hydrogen-bond donors (Lipinski definition) is 1. The summed E-state index contributed by atoms with van der Waals surface area (Å²) in [4.78, 5) is 28.8. The smallest absolute Gasteiger partial charge is 0.331 e. The second-order valence-corrected chi connectivity index (χ2v) is 7.82. The Morgan fingerprint density at radius 1 is 1.18 bits per heavy atom. The molecule has 1 aliphatic rings. The molecule has 1 aliphatic carbocycles. The fourth-order valence-electron chi connectivity index (χ4n) is 3.26. The summed E-state index contributed by atoms with van der Waals surface area (Å²) in [6.07, 6.45) is 5.32. The Hall–Kier alpha value is -2.99. The Kier molecular flexibility index (Phi) is 5.21. The molecule has 0 aliphatic heterocycles. The first-order chi connectivity index (χ1) is 13.6. The predicted molar refractivity (Wildman–Crippen MR) is 111 cm³/mol. The van der Waals surface area contributed by atoms with Crippen LogP contribution >= 0.6 is 11.3 Å². The maximum absolute atomic E-state index is 12.3. The molecule has 28 heavy (non-hydrogen) atoms. The Morgan fingerprint density at radius 2 is 2.00 bits per heavy atom. The molecule has 0 fully saturated rings. The van der Waals surface area contributed by atoms with Crippen molar-refractivity contribution >= 4 is 45.2 Å². The molecule has 4 rings (SSSR count). The molecular weight excluding hydrogens is 372 g/mol. The van der Waals surface area contributed by atoms with Crippen molar-refractivity contribution < 1.29 is 14.3 Å². The highest BCUT2D eigenvalue weighted by atomic mass is 32.1. The molecule has 142 valence electrons. The Bertz CT molecular complexity index is 1040. The normalized spacial score (nSPS) is 14.2. The Morgan fingerprint density at radius 3 is 2.86 bits per heavy atom. The van der Waals surface area contributed by atoms with Gasteiger partial charge in [0.15, 0.2) is 6.10 Å². The molecule has 0 radical (unpaired) electrons. The van der Waals surface area contributed by atoms with Crippen LogP contribution in [-0.4, -0.2) is 23.0 Å². The van der Waals surface area contributed by atoms with E-state index in [9.17, 15) is 9.59 Å². The van der Waals surface area contributed by atoms with Gasteiger partial charge in [-0.3, -0.25) is 4.79 Å². The van der Waals surface area contributed by atoms with Gasteiger partial charge in [0.1, 0.15) is 5.01 Å². The number of aromatic nitrogens is 1. The molecule has 0 saturated carbocycles. The largest absolute Gasteiger partial charge is 0.449 e. The number of nitrogens with zero attached hydrogens (tertiary/aromatic N) is 1. The van der Waals surface area contributed by atoms with Crippen molar-refractivity contribution in [1.82, 2.24) is 4.98 Å². The molecule has 5 nitrogen and oxygen atoms in total. The summed E-state index contributed by atoms with van der Waals surface area (Å²) >= 11 is 1.49. The lowest BCUT2D eigenvalue weighted by atomic mass is 10.1. The molecule has 0 saturated heterocycles. The van der Waals surface area contributed by atoms with E-state index in [1.807, 2.05) is 36.4 Å². The molecule has 2 aromatic carbocycles. The standard InChI is InChI=1S/C22H20N2O3S/c1-14(22(26)23-17-10-9-15-5-4-6-16(15)13-17)27-21(25)12-11-20-24-18-7-2-3-8-19(18)28-20/h2-3,7-14H,4-6H2,1H3,(H,23,26)/b12-11+/t14-/m1/s1. The first kappa shape index (κ1) is 18.4. The summed E-state index contributed by atoms with van der Waals surface area (Å²) in [6, 6.07) is 13.7. The van der Waals surface area contributed by atoms with E-state index in [0.717, 1.165) is 35.2 Å². The zero-order valence-electron chi connectivity index (χ0n) is 15.5. The molecule has 0 spiro atoms. The molecule has 3 aromatic rings. The van der Waals surface area contributed by atoms with Crippen molar-refractivity contribution in [1.29, 1.82) is 0 Å². The summed E-state index contributed by atoms with van der Waals surface area (Å²) in [6.45, 7) is 1.56. The van der Waals surface area contributed by atoms with Gasteiger partial charge in [0.05, 0.1) is 10.2 Å². The van der Waals surface area contributed by atoms with Gasteiger partial charge in [-0.15, -0.1) is 11.3 Å². The van der Waals surface area contributed by atoms with E-state index in [1.165, 1.54) is 28.5 Å². The van der Waals surface area contributed by atoms with E-state index in [2.05, 4.69) is 16.4 Å². The highest BCUT2D eigenvalue weighted by Crippen LogP contribution is 2.25. The third-order valence-electron chi connectivity index (χ3n) is 4.70. The average Bonchev–Trinajstić information content (AvgIpc) is 3.32. The molecule has 1 heterocycles. The number of benzene rings is 2. The van der Waals surface area contributed by atoms with Crippen LogP contribution in [0.3, 0.4) is 0 Å². The van der Waals surface area contributed by atoms with Crippen LogP contribution in [0.15, 0.2) is 48.5 Å². The van der Waals surface area contributed by atoms with E-state index in [1.54, 1.807) is 13.0 Å². The number of nitrogens with one attached hydrogen (secondary N) is 1. The van der Waals surface area contributed by atoms with Crippen LogP contribution < -0.4 is 5.32 Å². The summed E-state index contributed by atoms with van der Waals surface area (Å²) < 4.78 is 6.27. The van der Waals surface area contributed by atoms with Gasteiger partial charge in [0.25, 0.3) is 5.91 Å². The Labute approximate surface area is 167 Å². The number of carbonyl (C=O) groups excluding carboxylic acids is 2. The number of thiazole rings is 1. The minimum atomic E-state index is -0.888. The number of esters is 1. The first-order valence-corrected chi connectivity index (χ1v) is 10.1. The fraction of sp³-hybridized carbons (Fsp3) is 0.227. The van der Waals surface area contributed by atoms with Gasteiger partial charge in [-0.2, -0.15) is 0 Å². The molecular formula is C22H20N2O3S. The van der Waals surface area contributed by atoms with Crippen molar-refractivity contribution in [2.75, 3.05) is 5.32 Å². The number of para-hydroxylation sites is 1. The predicted octanol–water partition coefficient (Wildman–Crippen LogP) is 4.37. The quantitative estimate of drug-likeness (QED) is 0.517. The molecule has 1 amide bonds. The number of rotatable bonds is 5. The first-order valence-electron chi connectivity index (χ1n) is 9.25. The topological polar surface area (TPSA) is 68.3 Å². The highest BCUT2D eigenvalue weighted by Gasteiger charge is 2.18. The van der Waals surface area contributed by atoms with Gasteiger partial charge < -0.3 is 10.1 Å². The number of hydrogen-bond acceptors (Lipinski definition) is 5. The van der Waals surface area contributed by atoms with Crippen LogP contribution in [0.5, 0.6) is 0 Å². The third-order valence-corrected chi connectivity index (χ3v) is 5.70. The summed E-state index contributed by atoms with van der Waals surface area (Å²) in [5.41, 5.74) is 4.25. The molecule has 1 N–H and O–H groups in total. The lowest BCUT2D eigenvalue weighted by molar-refractivity contribution is -0.148. The lowest BCUT2D eigenvalue weighted by Crippen LogP contribution is -2.29. The van der Waals surface area contributed by atoms with Gasteiger partial charge in [-0.25, -0.2) is 9.78 Å². The molecule has 0 bridgehead atoms. The number of ether oxygens (including phenoxy) is 1. The Balaban J connectivity index is 1.33. The van der Waals surface area contributed by atoms with E-state index >= 15 is 0 Å². The molecule has 1 atom stereocenters. The van der Waals surface area contributed by atoms with Gasteiger partial charge in [0.2, 0.25) is 0 Å². The molecule has 6 heteroatoms. The van der Waals surface area contributed by atoms with Gasteiger partial charge >= 0.3 is 5.97 Å². The molecule has 0 unspecified atom stereocenters.